The summed E-state index contributed by atoms with van der Waals surface area (Å²) in [5.74, 6) is -1.18. The topological polar surface area (TPSA) is 92.2 Å². The van der Waals surface area contributed by atoms with Crippen molar-refractivity contribution in [3.63, 3.8) is 0 Å². The zero-order valence-corrected chi connectivity index (χ0v) is 8.11. The summed E-state index contributed by atoms with van der Waals surface area (Å²) in [4.78, 5) is 34.8. The standard InChI is InChI=1S/C9H10N2O4/c1-5-3-11(4-6(2)8(13)14)9(15)10-7(5)12/h3H,2,4H2,1H3,(H,13,14)(H,10,12,15). The summed E-state index contributed by atoms with van der Waals surface area (Å²) in [7, 11) is 0. The molecule has 0 atom stereocenters. The van der Waals surface area contributed by atoms with Gasteiger partial charge in [-0.15, -0.1) is 0 Å². The molecule has 0 aliphatic rings. The van der Waals surface area contributed by atoms with Gasteiger partial charge in [0.2, 0.25) is 0 Å². The highest BCUT2D eigenvalue weighted by molar-refractivity contribution is 5.85. The van der Waals surface area contributed by atoms with Crippen LogP contribution in [0.1, 0.15) is 5.56 Å². The summed E-state index contributed by atoms with van der Waals surface area (Å²) in [6.07, 6.45) is 1.30. The lowest BCUT2D eigenvalue weighted by Crippen LogP contribution is -2.31. The molecular weight excluding hydrogens is 200 g/mol. The van der Waals surface area contributed by atoms with Gasteiger partial charge in [0, 0.05) is 17.3 Å². The van der Waals surface area contributed by atoms with Crippen molar-refractivity contribution in [2.24, 2.45) is 0 Å². The Bertz CT molecular complexity index is 524. The molecule has 1 aromatic heterocycles. The summed E-state index contributed by atoms with van der Waals surface area (Å²) in [5, 5.41) is 8.57. The largest absolute Gasteiger partial charge is 0.478 e. The van der Waals surface area contributed by atoms with Gasteiger partial charge < -0.3 is 5.11 Å². The zero-order chi connectivity index (χ0) is 11.6. The molecule has 80 valence electrons. The molecule has 0 unspecified atom stereocenters. The highest BCUT2D eigenvalue weighted by Crippen LogP contribution is 1.94. The van der Waals surface area contributed by atoms with Gasteiger partial charge >= 0.3 is 11.7 Å². The highest BCUT2D eigenvalue weighted by atomic mass is 16.4. The summed E-state index contributed by atoms with van der Waals surface area (Å²) in [6.45, 7) is 4.67. The molecule has 0 saturated heterocycles. The van der Waals surface area contributed by atoms with Gasteiger partial charge in [-0.1, -0.05) is 6.58 Å². The molecule has 1 aromatic rings. The van der Waals surface area contributed by atoms with E-state index in [4.69, 9.17) is 5.11 Å². The molecule has 0 aromatic carbocycles. The second kappa shape index (κ2) is 3.95. The van der Waals surface area contributed by atoms with Crippen molar-refractivity contribution in [2.75, 3.05) is 0 Å². The number of nitrogens with one attached hydrogen (secondary N) is 1. The monoisotopic (exact) mass is 210 g/mol. The number of carboxylic acid groups (broad SMARTS) is 1. The molecule has 1 rings (SSSR count). The second-order valence-electron chi connectivity index (χ2n) is 3.11. The Labute approximate surface area is 84.5 Å². The smallest absolute Gasteiger partial charge is 0.332 e. The summed E-state index contributed by atoms with van der Waals surface area (Å²) in [5.41, 5.74) is -0.901. The molecule has 6 heteroatoms. The van der Waals surface area contributed by atoms with Crippen molar-refractivity contribution in [1.82, 2.24) is 9.55 Å². The summed E-state index contributed by atoms with van der Waals surface area (Å²) >= 11 is 0. The number of hydrogen-bond acceptors (Lipinski definition) is 3. The van der Waals surface area contributed by atoms with Crippen LogP contribution in [0.15, 0.2) is 27.9 Å². The van der Waals surface area contributed by atoms with Gasteiger partial charge in [-0.25, -0.2) is 9.59 Å². The number of carbonyl (C=O) groups is 1. The van der Waals surface area contributed by atoms with E-state index in [2.05, 4.69) is 11.6 Å². The molecule has 0 spiro atoms. The van der Waals surface area contributed by atoms with Gasteiger partial charge in [0.05, 0.1) is 6.54 Å². The first-order chi connectivity index (χ1) is 6.91. The van der Waals surface area contributed by atoms with Crippen molar-refractivity contribution < 1.29 is 9.90 Å². The van der Waals surface area contributed by atoms with Crippen molar-refractivity contribution in [2.45, 2.75) is 13.5 Å². The van der Waals surface area contributed by atoms with E-state index >= 15 is 0 Å². The molecule has 6 nitrogen and oxygen atoms in total. The first-order valence-electron chi connectivity index (χ1n) is 4.13. The molecule has 0 bridgehead atoms. The molecule has 0 aliphatic carbocycles. The number of carboxylic acids is 1. The molecule has 0 fully saturated rings. The van der Waals surface area contributed by atoms with Crippen LogP contribution in [0.3, 0.4) is 0 Å². The zero-order valence-electron chi connectivity index (χ0n) is 8.11. The van der Waals surface area contributed by atoms with E-state index in [-0.39, 0.29) is 12.1 Å². The number of aromatic nitrogens is 2. The van der Waals surface area contributed by atoms with Crippen molar-refractivity contribution >= 4 is 5.97 Å². The summed E-state index contributed by atoms with van der Waals surface area (Å²) < 4.78 is 1.09. The van der Waals surface area contributed by atoms with Crippen LogP contribution in [0, 0.1) is 6.92 Å². The quantitative estimate of drug-likeness (QED) is 0.657. The third-order valence-corrected chi connectivity index (χ3v) is 1.85. The third kappa shape index (κ3) is 2.43. The fourth-order valence-electron chi connectivity index (χ4n) is 1.01. The molecule has 2 N–H and O–H groups in total. The number of aliphatic carboxylic acids is 1. The fraction of sp³-hybridized carbons (Fsp3) is 0.222. The minimum atomic E-state index is -1.18. The lowest BCUT2D eigenvalue weighted by Gasteiger charge is -2.04. The van der Waals surface area contributed by atoms with Crippen molar-refractivity contribution in [1.29, 1.82) is 0 Å². The molecule has 0 saturated carbocycles. The maximum Gasteiger partial charge on any atom is 0.332 e. The van der Waals surface area contributed by atoms with Crippen LogP contribution in [0.5, 0.6) is 0 Å². The Morgan fingerprint density at radius 3 is 2.73 bits per heavy atom. The maximum absolute atomic E-state index is 11.2. The number of aryl methyl sites for hydroxylation is 1. The predicted molar refractivity (Wildman–Crippen MR) is 52.8 cm³/mol. The number of rotatable bonds is 3. The molecule has 1 heterocycles. The van der Waals surface area contributed by atoms with Crippen LogP contribution in [-0.2, 0) is 11.3 Å². The van der Waals surface area contributed by atoms with E-state index < -0.39 is 17.2 Å². The van der Waals surface area contributed by atoms with Crippen LogP contribution >= 0.6 is 0 Å². The predicted octanol–water partition coefficient (Wildman–Crippen LogP) is -0.514. The van der Waals surface area contributed by atoms with E-state index in [0.717, 1.165) is 4.57 Å². The molecule has 0 radical (unpaired) electrons. The van der Waals surface area contributed by atoms with Crippen LogP contribution in [0.4, 0.5) is 0 Å². The van der Waals surface area contributed by atoms with E-state index in [9.17, 15) is 14.4 Å². The van der Waals surface area contributed by atoms with Crippen LogP contribution in [0.2, 0.25) is 0 Å². The van der Waals surface area contributed by atoms with Crippen molar-refractivity contribution in [3.8, 4) is 0 Å². The minimum absolute atomic E-state index is 0.122. The lowest BCUT2D eigenvalue weighted by atomic mass is 10.3. The number of hydrogen-bond donors (Lipinski definition) is 2. The molecular formula is C9H10N2O4. The molecule has 15 heavy (non-hydrogen) atoms. The Balaban J connectivity index is 3.12. The first kappa shape index (κ1) is 11.0. The van der Waals surface area contributed by atoms with E-state index in [1.54, 1.807) is 0 Å². The Kier molecular flexibility index (Phi) is 2.89. The number of nitrogens with zero attached hydrogens (tertiary/aromatic N) is 1. The Morgan fingerprint density at radius 2 is 2.20 bits per heavy atom. The summed E-state index contributed by atoms with van der Waals surface area (Å²) in [6, 6.07) is 0. The van der Waals surface area contributed by atoms with Gasteiger partial charge in [-0.2, -0.15) is 0 Å². The average molecular weight is 210 g/mol. The van der Waals surface area contributed by atoms with Crippen molar-refractivity contribution in [3.05, 3.63) is 44.8 Å². The highest BCUT2D eigenvalue weighted by Gasteiger charge is 2.07. The fourth-order valence-corrected chi connectivity index (χ4v) is 1.01. The normalized spacial score (nSPS) is 9.93. The third-order valence-electron chi connectivity index (χ3n) is 1.85. The van der Waals surface area contributed by atoms with Crippen LogP contribution in [0.25, 0.3) is 0 Å². The first-order valence-corrected chi connectivity index (χ1v) is 4.13. The molecule has 0 aliphatic heterocycles. The van der Waals surface area contributed by atoms with Gasteiger partial charge in [0.15, 0.2) is 0 Å². The Hall–Kier alpha value is -2.11. The lowest BCUT2D eigenvalue weighted by molar-refractivity contribution is -0.132. The number of H-pyrrole nitrogens is 1. The van der Waals surface area contributed by atoms with Gasteiger partial charge in [0.1, 0.15) is 0 Å². The van der Waals surface area contributed by atoms with E-state index in [1.807, 2.05) is 0 Å². The molecule has 0 amide bonds. The second-order valence-corrected chi connectivity index (χ2v) is 3.11. The van der Waals surface area contributed by atoms with Gasteiger partial charge in [-0.3, -0.25) is 14.3 Å². The van der Waals surface area contributed by atoms with Gasteiger partial charge in [0.25, 0.3) is 5.56 Å². The van der Waals surface area contributed by atoms with Crippen LogP contribution in [-0.4, -0.2) is 20.6 Å². The minimum Gasteiger partial charge on any atom is -0.478 e. The maximum atomic E-state index is 11.2. The van der Waals surface area contributed by atoms with Crippen LogP contribution < -0.4 is 11.2 Å². The number of aromatic amines is 1. The van der Waals surface area contributed by atoms with E-state index in [1.165, 1.54) is 13.1 Å². The average Bonchev–Trinajstić information content (AvgIpc) is 2.13. The van der Waals surface area contributed by atoms with Gasteiger partial charge in [-0.05, 0) is 6.92 Å². The SMILES string of the molecule is C=C(Cn1cc(C)c(=O)[nH]c1=O)C(=O)O. The van der Waals surface area contributed by atoms with E-state index in [0.29, 0.717) is 5.56 Å². The Morgan fingerprint density at radius 1 is 1.60 bits per heavy atom.